The number of amides is 1. The fourth-order valence-corrected chi connectivity index (χ4v) is 1.60. The van der Waals surface area contributed by atoms with Gasteiger partial charge in [0.05, 0.1) is 12.6 Å². The Morgan fingerprint density at radius 1 is 1.16 bits per heavy atom. The molecule has 2 rings (SSSR count). The smallest absolute Gasteiger partial charge is 0.244 e. The van der Waals surface area contributed by atoms with E-state index in [4.69, 9.17) is 0 Å². The van der Waals surface area contributed by atoms with Gasteiger partial charge >= 0.3 is 0 Å². The fraction of sp³-hybridized carbons (Fsp3) is 0.0667. The van der Waals surface area contributed by atoms with E-state index >= 15 is 0 Å². The molecule has 0 aromatic heterocycles. The molecule has 0 fully saturated rings. The van der Waals surface area contributed by atoms with Crippen LogP contribution in [0.3, 0.4) is 0 Å². The number of hydrazone groups is 1. The second kappa shape index (κ2) is 6.35. The summed E-state index contributed by atoms with van der Waals surface area (Å²) in [6.45, 7) is 0. The Kier molecular flexibility index (Phi) is 4.29. The van der Waals surface area contributed by atoms with Crippen LogP contribution in [0.15, 0.2) is 59.7 Å². The third kappa shape index (κ3) is 4.27. The first-order valence-electron chi connectivity index (χ1n) is 5.89. The molecule has 2 N–H and O–H groups in total. The van der Waals surface area contributed by atoms with E-state index in [0.717, 1.165) is 11.1 Å². The maximum absolute atomic E-state index is 11.6. The second-order valence-corrected chi connectivity index (χ2v) is 4.05. The van der Waals surface area contributed by atoms with Crippen molar-refractivity contribution in [3.8, 4) is 5.75 Å². The Morgan fingerprint density at radius 2 is 1.95 bits per heavy atom. The molecular formula is C15H14N2O2. The quantitative estimate of drug-likeness (QED) is 0.648. The zero-order valence-corrected chi connectivity index (χ0v) is 10.3. The molecule has 0 spiro atoms. The van der Waals surface area contributed by atoms with Gasteiger partial charge in [-0.3, -0.25) is 4.79 Å². The first-order valence-corrected chi connectivity index (χ1v) is 5.89. The molecule has 2 aromatic carbocycles. The average molecular weight is 254 g/mol. The number of nitrogens with one attached hydrogen (secondary N) is 1. The van der Waals surface area contributed by atoms with Crippen molar-refractivity contribution in [2.45, 2.75) is 6.42 Å². The van der Waals surface area contributed by atoms with E-state index in [2.05, 4.69) is 10.5 Å². The molecule has 0 heterocycles. The maximum atomic E-state index is 11.6. The van der Waals surface area contributed by atoms with Crippen molar-refractivity contribution in [3.63, 3.8) is 0 Å². The van der Waals surface area contributed by atoms with E-state index in [0.29, 0.717) is 0 Å². The molecule has 0 aliphatic carbocycles. The van der Waals surface area contributed by atoms with Crippen LogP contribution in [0.1, 0.15) is 11.1 Å². The van der Waals surface area contributed by atoms with Crippen molar-refractivity contribution in [2.75, 3.05) is 0 Å². The van der Waals surface area contributed by atoms with Crippen molar-refractivity contribution in [3.05, 3.63) is 65.7 Å². The van der Waals surface area contributed by atoms with Crippen LogP contribution in [-0.2, 0) is 11.2 Å². The molecular weight excluding hydrogens is 240 g/mol. The monoisotopic (exact) mass is 254 g/mol. The van der Waals surface area contributed by atoms with Crippen LogP contribution in [0.4, 0.5) is 0 Å². The van der Waals surface area contributed by atoms with Crippen molar-refractivity contribution in [1.29, 1.82) is 0 Å². The number of phenols is 1. The van der Waals surface area contributed by atoms with Crippen LogP contribution in [0.5, 0.6) is 5.75 Å². The van der Waals surface area contributed by atoms with Gasteiger partial charge in [0.1, 0.15) is 5.75 Å². The minimum Gasteiger partial charge on any atom is -0.508 e. The van der Waals surface area contributed by atoms with Crippen molar-refractivity contribution < 1.29 is 9.90 Å². The van der Waals surface area contributed by atoms with Gasteiger partial charge in [0, 0.05) is 0 Å². The van der Waals surface area contributed by atoms with E-state index in [1.807, 2.05) is 30.3 Å². The number of nitrogens with zero attached hydrogens (tertiary/aromatic N) is 1. The first-order chi connectivity index (χ1) is 9.24. The molecule has 0 radical (unpaired) electrons. The number of rotatable bonds is 4. The van der Waals surface area contributed by atoms with Crippen LogP contribution >= 0.6 is 0 Å². The lowest BCUT2D eigenvalue weighted by Crippen LogP contribution is -2.19. The molecule has 0 saturated carbocycles. The van der Waals surface area contributed by atoms with Gasteiger partial charge < -0.3 is 5.11 Å². The Balaban J connectivity index is 1.87. The summed E-state index contributed by atoms with van der Waals surface area (Å²) in [5.74, 6) is -0.0119. The first kappa shape index (κ1) is 12.8. The highest BCUT2D eigenvalue weighted by atomic mass is 16.3. The Bertz CT molecular complexity index is 580. The molecule has 1 amide bonds. The van der Waals surface area contributed by atoms with Gasteiger partial charge in [0.15, 0.2) is 0 Å². The molecule has 0 aliphatic heterocycles. The number of phenolic OH excluding ortho intramolecular Hbond substituents is 1. The summed E-state index contributed by atoms with van der Waals surface area (Å²) >= 11 is 0. The molecule has 0 bridgehead atoms. The number of hydrogen-bond donors (Lipinski definition) is 2. The molecule has 0 atom stereocenters. The van der Waals surface area contributed by atoms with Gasteiger partial charge in [0.2, 0.25) is 5.91 Å². The van der Waals surface area contributed by atoms with Gasteiger partial charge in [-0.1, -0.05) is 42.5 Å². The highest BCUT2D eigenvalue weighted by Crippen LogP contribution is 2.08. The van der Waals surface area contributed by atoms with Gasteiger partial charge in [-0.2, -0.15) is 5.10 Å². The summed E-state index contributed by atoms with van der Waals surface area (Å²) in [6.07, 6.45) is 1.78. The predicted octanol–water partition coefficient (Wildman–Crippen LogP) is 2.08. The van der Waals surface area contributed by atoms with Gasteiger partial charge in [-0.15, -0.1) is 0 Å². The van der Waals surface area contributed by atoms with E-state index < -0.39 is 0 Å². The van der Waals surface area contributed by atoms with E-state index in [9.17, 15) is 9.90 Å². The lowest BCUT2D eigenvalue weighted by atomic mass is 10.1. The zero-order chi connectivity index (χ0) is 13.5. The van der Waals surface area contributed by atoms with Crippen molar-refractivity contribution in [1.82, 2.24) is 5.43 Å². The topological polar surface area (TPSA) is 61.7 Å². The lowest BCUT2D eigenvalue weighted by molar-refractivity contribution is -0.120. The molecule has 2 aromatic rings. The SMILES string of the molecule is O=C(Cc1ccccc1)N/N=C\c1cccc(O)c1. The number of aromatic hydroxyl groups is 1. The van der Waals surface area contributed by atoms with Gasteiger partial charge in [-0.25, -0.2) is 5.43 Å². The molecule has 0 saturated heterocycles. The van der Waals surface area contributed by atoms with Crippen LogP contribution in [-0.4, -0.2) is 17.2 Å². The Labute approximate surface area is 111 Å². The molecule has 19 heavy (non-hydrogen) atoms. The molecule has 4 nitrogen and oxygen atoms in total. The predicted molar refractivity (Wildman–Crippen MR) is 74.0 cm³/mol. The third-order valence-electron chi connectivity index (χ3n) is 2.48. The van der Waals surface area contributed by atoms with Gasteiger partial charge in [0.25, 0.3) is 0 Å². The second-order valence-electron chi connectivity index (χ2n) is 4.05. The van der Waals surface area contributed by atoms with Crippen LogP contribution in [0.2, 0.25) is 0 Å². The fourth-order valence-electron chi connectivity index (χ4n) is 1.60. The lowest BCUT2D eigenvalue weighted by Gasteiger charge is -2.00. The highest BCUT2D eigenvalue weighted by molar-refractivity contribution is 5.83. The highest BCUT2D eigenvalue weighted by Gasteiger charge is 2.00. The minimum atomic E-state index is -0.178. The standard InChI is InChI=1S/C15H14N2O2/c18-14-8-4-7-13(9-14)11-16-17-15(19)10-12-5-2-1-3-6-12/h1-9,11,18H,10H2,(H,17,19)/b16-11-. The normalized spacial score (nSPS) is 10.5. The van der Waals surface area contributed by atoms with Crippen LogP contribution in [0, 0.1) is 0 Å². The molecule has 96 valence electrons. The average Bonchev–Trinajstić information content (AvgIpc) is 2.40. The zero-order valence-electron chi connectivity index (χ0n) is 10.3. The Morgan fingerprint density at radius 3 is 2.68 bits per heavy atom. The third-order valence-corrected chi connectivity index (χ3v) is 2.48. The van der Waals surface area contributed by atoms with E-state index in [1.54, 1.807) is 24.3 Å². The summed E-state index contributed by atoms with van der Waals surface area (Å²) in [6, 6.07) is 16.1. The van der Waals surface area contributed by atoms with Gasteiger partial charge in [-0.05, 0) is 23.3 Å². The number of hydrogen-bond acceptors (Lipinski definition) is 3. The summed E-state index contributed by atoms with van der Waals surface area (Å²) < 4.78 is 0. The number of benzene rings is 2. The van der Waals surface area contributed by atoms with E-state index in [-0.39, 0.29) is 18.1 Å². The van der Waals surface area contributed by atoms with Crippen molar-refractivity contribution >= 4 is 12.1 Å². The van der Waals surface area contributed by atoms with Crippen LogP contribution in [0.25, 0.3) is 0 Å². The Hall–Kier alpha value is -2.62. The van der Waals surface area contributed by atoms with Crippen molar-refractivity contribution in [2.24, 2.45) is 5.10 Å². The minimum absolute atomic E-state index is 0.166. The summed E-state index contributed by atoms with van der Waals surface area (Å²) in [5.41, 5.74) is 4.11. The molecule has 4 heteroatoms. The summed E-state index contributed by atoms with van der Waals surface area (Å²) in [7, 11) is 0. The molecule has 0 unspecified atom stereocenters. The summed E-state index contributed by atoms with van der Waals surface area (Å²) in [4.78, 5) is 11.6. The van der Waals surface area contributed by atoms with E-state index in [1.165, 1.54) is 6.21 Å². The largest absolute Gasteiger partial charge is 0.508 e. The molecule has 0 aliphatic rings. The number of carbonyl (C=O) groups excluding carboxylic acids is 1. The number of carbonyl (C=O) groups is 1. The maximum Gasteiger partial charge on any atom is 0.244 e. The van der Waals surface area contributed by atoms with Crippen LogP contribution < -0.4 is 5.43 Å². The summed E-state index contributed by atoms with van der Waals surface area (Å²) in [5, 5.41) is 13.1.